The Morgan fingerprint density at radius 1 is 0.778 bits per heavy atom. The van der Waals surface area contributed by atoms with Crippen LogP contribution in [0, 0.1) is 0 Å². The molecule has 0 atom stereocenters. The zero-order chi connectivity index (χ0) is 18.8. The molecule has 0 radical (unpaired) electrons. The molecule has 1 fully saturated rings. The molecule has 1 saturated heterocycles. The highest BCUT2D eigenvalue weighted by Gasteiger charge is 2.34. The van der Waals surface area contributed by atoms with E-state index in [9.17, 15) is 9.59 Å². The molecule has 3 aromatic rings. The monoisotopic (exact) mass is 374 g/mol. The second-order valence-corrected chi connectivity index (χ2v) is 6.53. The average Bonchev–Trinajstić information content (AvgIpc) is 2.97. The summed E-state index contributed by atoms with van der Waals surface area (Å²) < 4.78 is 0. The molecule has 132 valence electrons. The summed E-state index contributed by atoms with van der Waals surface area (Å²) in [6, 6.07) is 23.9. The molecule has 1 N–H and O–H groups in total. The van der Waals surface area contributed by atoms with Gasteiger partial charge in [-0.15, -0.1) is 0 Å². The van der Waals surface area contributed by atoms with Crippen LogP contribution in [-0.2, 0) is 4.79 Å². The van der Waals surface area contributed by atoms with Gasteiger partial charge in [-0.05, 0) is 47.0 Å². The molecule has 0 saturated carbocycles. The van der Waals surface area contributed by atoms with Crippen molar-refractivity contribution in [3.05, 3.63) is 95.1 Å². The van der Waals surface area contributed by atoms with Crippen LogP contribution >= 0.6 is 11.6 Å². The summed E-state index contributed by atoms with van der Waals surface area (Å²) >= 11 is 5.87. The van der Waals surface area contributed by atoms with Crippen LogP contribution < -0.4 is 10.2 Å². The highest BCUT2D eigenvalue weighted by atomic mass is 35.5. The van der Waals surface area contributed by atoms with Gasteiger partial charge in [0.2, 0.25) is 0 Å². The van der Waals surface area contributed by atoms with E-state index in [4.69, 9.17) is 11.6 Å². The molecule has 5 heteroatoms. The Hall–Kier alpha value is -3.37. The Bertz CT molecular complexity index is 1030. The van der Waals surface area contributed by atoms with Gasteiger partial charge in [0.25, 0.3) is 5.91 Å². The molecular weight excluding hydrogens is 360 g/mol. The lowest BCUT2D eigenvalue weighted by Gasteiger charge is -2.11. The summed E-state index contributed by atoms with van der Waals surface area (Å²) in [7, 11) is 0. The van der Waals surface area contributed by atoms with E-state index in [0.717, 1.165) is 21.6 Å². The smallest absolute Gasteiger partial charge is 0.302 e. The molecule has 3 amide bonds. The predicted octanol–water partition coefficient (Wildman–Crippen LogP) is 5.10. The van der Waals surface area contributed by atoms with Gasteiger partial charge >= 0.3 is 6.03 Å². The maximum absolute atomic E-state index is 12.6. The number of nitrogens with one attached hydrogen (secondary N) is 1. The fraction of sp³-hybridized carbons (Fsp3) is 0. The molecule has 1 heterocycles. The number of anilines is 1. The molecule has 0 bridgehead atoms. The van der Waals surface area contributed by atoms with Crippen molar-refractivity contribution >= 4 is 35.3 Å². The van der Waals surface area contributed by atoms with E-state index >= 15 is 0 Å². The third-order valence-corrected chi connectivity index (χ3v) is 4.54. The lowest BCUT2D eigenvalue weighted by Crippen LogP contribution is -2.30. The van der Waals surface area contributed by atoms with Crippen molar-refractivity contribution in [3.8, 4) is 11.1 Å². The number of rotatable bonds is 3. The highest BCUT2D eigenvalue weighted by Crippen LogP contribution is 2.25. The number of benzene rings is 3. The third kappa shape index (κ3) is 3.48. The third-order valence-electron chi connectivity index (χ3n) is 4.29. The zero-order valence-corrected chi connectivity index (χ0v) is 15.0. The zero-order valence-electron chi connectivity index (χ0n) is 14.2. The summed E-state index contributed by atoms with van der Waals surface area (Å²) in [4.78, 5) is 26.0. The number of carbonyl (C=O) groups excluding carboxylic acids is 2. The van der Waals surface area contributed by atoms with Crippen molar-refractivity contribution in [2.75, 3.05) is 4.90 Å². The number of hydrogen-bond acceptors (Lipinski definition) is 2. The molecular formula is C22H15ClN2O2. The Morgan fingerprint density at radius 2 is 1.41 bits per heavy atom. The van der Waals surface area contributed by atoms with E-state index in [0.29, 0.717) is 10.7 Å². The van der Waals surface area contributed by atoms with Gasteiger partial charge in [0, 0.05) is 5.02 Å². The molecule has 3 aromatic carbocycles. The lowest BCUT2D eigenvalue weighted by molar-refractivity contribution is -0.113. The molecule has 0 unspecified atom stereocenters. The normalized spacial score (nSPS) is 15.3. The molecule has 1 aliphatic heterocycles. The Labute approximate surface area is 161 Å². The quantitative estimate of drug-likeness (QED) is 0.512. The van der Waals surface area contributed by atoms with E-state index in [1.54, 1.807) is 30.3 Å². The van der Waals surface area contributed by atoms with E-state index < -0.39 is 11.9 Å². The van der Waals surface area contributed by atoms with Crippen molar-refractivity contribution in [3.63, 3.8) is 0 Å². The fourth-order valence-corrected chi connectivity index (χ4v) is 3.05. The number of amides is 3. The van der Waals surface area contributed by atoms with E-state index in [2.05, 4.69) is 5.32 Å². The molecule has 0 aliphatic carbocycles. The standard InChI is InChI=1S/C22H15ClN2O2/c23-18-10-12-19(13-11-18)25-21(26)20(24-22(25)27)14-15-6-8-17(9-7-15)16-4-2-1-3-5-16/h1-14H,(H,24,27)/b20-14+. The highest BCUT2D eigenvalue weighted by molar-refractivity contribution is 6.31. The molecule has 27 heavy (non-hydrogen) atoms. The van der Waals surface area contributed by atoms with Gasteiger partial charge in [0.05, 0.1) is 5.69 Å². The number of hydrogen-bond donors (Lipinski definition) is 1. The van der Waals surface area contributed by atoms with E-state index in [1.165, 1.54) is 0 Å². The number of urea groups is 1. The van der Waals surface area contributed by atoms with E-state index in [-0.39, 0.29) is 5.70 Å². The van der Waals surface area contributed by atoms with Gasteiger partial charge in [0.15, 0.2) is 0 Å². The summed E-state index contributed by atoms with van der Waals surface area (Å²) in [5, 5.41) is 3.17. The Balaban J connectivity index is 1.58. The Kier molecular flexibility index (Phi) is 4.48. The molecule has 4 nitrogen and oxygen atoms in total. The topological polar surface area (TPSA) is 49.4 Å². The van der Waals surface area contributed by atoms with Gasteiger partial charge in [0.1, 0.15) is 5.70 Å². The molecule has 4 rings (SSSR count). The van der Waals surface area contributed by atoms with Gasteiger partial charge in [-0.1, -0.05) is 66.2 Å². The number of nitrogens with zero attached hydrogens (tertiary/aromatic N) is 1. The predicted molar refractivity (Wildman–Crippen MR) is 107 cm³/mol. The second-order valence-electron chi connectivity index (χ2n) is 6.09. The largest absolute Gasteiger partial charge is 0.333 e. The SMILES string of the molecule is O=C1N/C(=C/c2ccc(-c3ccccc3)cc2)C(=O)N1c1ccc(Cl)cc1. The van der Waals surface area contributed by atoms with Crippen LogP contribution in [0.5, 0.6) is 0 Å². The average molecular weight is 375 g/mol. The van der Waals surface area contributed by atoms with Gasteiger partial charge in [-0.2, -0.15) is 0 Å². The minimum Gasteiger partial charge on any atom is -0.302 e. The summed E-state index contributed by atoms with van der Waals surface area (Å²) in [6.45, 7) is 0. The van der Waals surface area contributed by atoms with Crippen LogP contribution in [0.2, 0.25) is 5.02 Å². The summed E-state index contributed by atoms with van der Waals surface area (Å²) in [6.07, 6.45) is 1.67. The first-order chi connectivity index (χ1) is 13.1. The fourth-order valence-electron chi connectivity index (χ4n) is 2.93. The van der Waals surface area contributed by atoms with Crippen LogP contribution in [-0.4, -0.2) is 11.9 Å². The van der Waals surface area contributed by atoms with Crippen LogP contribution in [0.4, 0.5) is 10.5 Å². The van der Waals surface area contributed by atoms with Crippen LogP contribution in [0.25, 0.3) is 17.2 Å². The Morgan fingerprint density at radius 3 is 2.07 bits per heavy atom. The van der Waals surface area contributed by atoms with Crippen molar-refractivity contribution in [2.45, 2.75) is 0 Å². The molecule has 1 aliphatic rings. The van der Waals surface area contributed by atoms with Crippen LogP contribution in [0.15, 0.2) is 84.6 Å². The summed E-state index contributed by atoms with van der Waals surface area (Å²) in [5.41, 5.74) is 3.75. The summed E-state index contributed by atoms with van der Waals surface area (Å²) in [5.74, 6) is -0.394. The molecule has 0 aromatic heterocycles. The minimum atomic E-state index is -0.477. The first-order valence-electron chi connectivity index (χ1n) is 8.40. The molecule has 0 spiro atoms. The van der Waals surface area contributed by atoms with E-state index in [1.807, 2.05) is 54.6 Å². The number of halogens is 1. The van der Waals surface area contributed by atoms with Crippen molar-refractivity contribution in [1.29, 1.82) is 0 Å². The van der Waals surface area contributed by atoms with Crippen molar-refractivity contribution in [1.82, 2.24) is 5.32 Å². The minimum absolute atomic E-state index is 0.238. The first-order valence-corrected chi connectivity index (χ1v) is 8.78. The first kappa shape index (κ1) is 17.1. The lowest BCUT2D eigenvalue weighted by atomic mass is 10.0. The van der Waals surface area contributed by atoms with Crippen molar-refractivity contribution in [2.24, 2.45) is 0 Å². The number of carbonyl (C=O) groups is 2. The van der Waals surface area contributed by atoms with Crippen molar-refractivity contribution < 1.29 is 9.59 Å². The van der Waals surface area contributed by atoms with Gasteiger partial charge in [-0.25, -0.2) is 9.69 Å². The number of imide groups is 1. The second kappa shape index (κ2) is 7.09. The maximum Gasteiger partial charge on any atom is 0.333 e. The van der Waals surface area contributed by atoms with Crippen LogP contribution in [0.3, 0.4) is 0 Å². The van der Waals surface area contributed by atoms with Crippen LogP contribution in [0.1, 0.15) is 5.56 Å². The van der Waals surface area contributed by atoms with Gasteiger partial charge < -0.3 is 5.32 Å². The van der Waals surface area contributed by atoms with Gasteiger partial charge in [-0.3, -0.25) is 4.79 Å². The maximum atomic E-state index is 12.6.